The molecule has 17 heavy (non-hydrogen) atoms. The highest BCUT2D eigenvalue weighted by Crippen LogP contribution is 2.26. The predicted molar refractivity (Wildman–Crippen MR) is 68.8 cm³/mol. The van der Waals surface area contributed by atoms with Crippen molar-refractivity contribution in [2.45, 2.75) is 51.9 Å². The zero-order valence-electron chi connectivity index (χ0n) is 10.6. The quantitative estimate of drug-likeness (QED) is 0.746. The van der Waals surface area contributed by atoms with E-state index < -0.39 is 6.03 Å². The molecule has 96 valence electrons. The Balaban J connectivity index is 2.57. The molecule has 1 atom stereocenters. The second-order valence-corrected chi connectivity index (χ2v) is 4.49. The van der Waals surface area contributed by atoms with Crippen molar-refractivity contribution in [3.63, 3.8) is 0 Å². The number of nitrogens with zero attached hydrogens (tertiary/aromatic N) is 2. The molecule has 0 saturated heterocycles. The van der Waals surface area contributed by atoms with E-state index in [1.54, 1.807) is 6.20 Å². The highest BCUT2D eigenvalue weighted by atomic mass is 16.2. The Morgan fingerprint density at radius 3 is 2.71 bits per heavy atom. The summed E-state index contributed by atoms with van der Waals surface area (Å²) >= 11 is 0. The van der Waals surface area contributed by atoms with Crippen LogP contribution in [0, 0.1) is 0 Å². The summed E-state index contributed by atoms with van der Waals surface area (Å²) in [5.74, 6) is 0.695. The molecule has 5 nitrogen and oxygen atoms in total. The van der Waals surface area contributed by atoms with Gasteiger partial charge in [-0.05, 0) is 12.3 Å². The van der Waals surface area contributed by atoms with Crippen LogP contribution in [0.1, 0.15) is 57.4 Å². The van der Waals surface area contributed by atoms with Gasteiger partial charge in [-0.1, -0.05) is 39.5 Å². The molecule has 0 bridgehead atoms. The van der Waals surface area contributed by atoms with E-state index in [1.165, 1.54) is 25.7 Å². The van der Waals surface area contributed by atoms with Crippen LogP contribution < -0.4 is 11.5 Å². The topological polar surface area (TPSA) is 86.9 Å². The molecule has 1 aromatic rings. The Hall–Kier alpha value is -1.52. The van der Waals surface area contributed by atoms with Crippen molar-refractivity contribution in [3.05, 3.63) is 11.8 Å². The highest BCUT2D eigenvalue weighted by molar-refractivity contribution is 5.77. The van der Waals surface area contributed by atoms with Crippen molar-refractivity contribution in [2.24, 2.45) is 5.73 Å². The SMILES string of the molecule is CCCCCCC(C)c1cnn(C(N)=O)c1N. The third-order valence-electron chi connectivity index (χ3n) is 3.07. The van der Waals surface area contributed by atoms with Crippen LogP contribution in [-0.4, -0.2) is 15.8 Å². The van der Waals surface area contributed by atoms with Gasteiger partial charge in [0.15, 0.2) is 0 Å². The number of nitrogens with two attached hydrogens (primary N) is 2. The largest absolute Gasteiger partial charge is 0.383 e. The fourth-order valence-electron chi connectivity index (χ4n) is 1.96. The molecular formula is C12H22N4O. The van der Waals surface area contributed by atoms with E-state index in [4.69, 9.17) is 11.5 Å². The van der Waals surface area contributed by atoms with Crippen LogP contribution in [-0.2, 0) is 0 Å². The minimum absolute atomic E-state index is 0.319. The molecule has 0 aliphatic rings. The molecule has 1 rings (SSSR count). The summed E-state index contributed by atoms with van der Waals surface area (Å²) in [6.07, 6.45) is 7.62. The third-order valence-corrected chi connectivity index (χ3v) is 3.07. The van der Waals surface area contributed by atoms with Crippen LogP contribution >= 0.6 is 0 Å². The van der Waals surface area contributed by atoms with E-state index >= 15 is 0 Å². The van der Waals surface area contributed by atoms with Crippen molar-refractivity contribution < 1.29 is 4.79 Å². The van der Waals surface area contributed by atoms with Crippen molar-refractivity contribution in [3.8, 4) is 0 Å². The molecule has 5 heteroatoms. The van der Waals surface area contributed by atoms with Crippen LogP contribution in [0.2, 0.25) is 0 Å². The number of hydrogen-bond donors (Lipinski definition) is 2. The van der Waals surface area contributed by atoms with Gasteiger partial charge in [0.2, 0.25) is 0 Å². The van der Waals surface area contributed by atoms with Crippen molar-refractivity contribution >= 4 is 11.8 Å². The zero-order valence-corrected chi connectivity index (χ0v) is 10.6. The van der Waals surface area contributed by atoms with E-state index in [1.807, 2.05) is 0 Å². The van der Waals surface area contributed by atoms with Gasteiger partial charge >= 0.3 is 6.03 Å². The van der Waals surface area contributed by atoms with E-state index in [0.717, 1.165) is 16.7 Å². The van der Waals surface area contributed by atoms with Gasteiger partial charge in [-0.3, -0.25) is 0 Å². The standard InChI is InChI=1S/C12H22N4O/c1-3-4-5-6-7-9(2)10-8-15-16(11(10)13)12(14)17/h8-9H,3-7,13H2,1-2H3,(H2,14,17). The number of anilines is 1. The highest BCUT2D eigenvalue weighted by Gasteiger charge is 2.15. The molecule has 1 unspecified atom stereocenters. The summed E-state index contributed by atoms with van der Waals surface area (Å²) < 4.78 is 1.05. The van der Waals surface area contributed by atoms with Crippen LogP contribution in [0.25, 0.3) is 0 Å². The van der Waals surface area contributed by atoms with E-state index in [0.29, 0.717) is 11.7 Å². The molecule has 0 aromatic carbocycles. The van der Waals surface area contributed by atoms with Crippen molar-refractivity contribution in [2.75, 3.05) is 5.73 Å². The van der Waals surface area contributed by atoms with Gasteiger partial charge in [-0.2, -0.15) is 9.78 Å². The first-order valence-electron chi connectivity index (χ1n) is 6.21. The fourth-order valence-corrected chi connectivity index (χ4v) is 1.96. The lowest BCUT2D eigenvalue weighted by molar-refractivity contribution is 0.248. The Kier molecular flexibility index (Phi) is 5.00. The number of carbonyl (C=O) groups excluding carboxylic acids is 1. The molecule has 1 aromatic heterocycles. The minimum atomic E-state index is -0.632. The molecule has 0 fully saturated rings. The van der Waals surface area contributed by atoms with Gasteiger partial charge in [-0.25, -0.2) is 4.79 Å². The second-order valence-electron chi connectivity index (χ2n) is 4.49. The van der Waals surface area contributed by atoms with Gasteiger partial charge in [-0.15, -0.1) is 0 Å². The molecule has 0 spiro atoms. The third kappa shape index (κ3) is 3.47. The first-order chi connectivity index (χ1) is 8.07. The smallest absolute Gasteiger partial charge is 0.341 e. The number of amides is 1. The Morgan fingerprint density at radius 2 is 2.18 bits per heavy atom. The van der Waals surface area contributed by atoms with Gasteiger partial charge < -0.3 is 11.5 Å². The summed E-state index contributed by atoms with van der Waals surface area (Å²) in [6.45, 7) is 4.29. The second kappa shape index (κ2) is 6.27. The summed E-state index contributed by atoms with van der Waals surface area (Å²) in [7, 11) is 0. The molecule has 0 radical (unpaired) electrons. The molecule has 4 N–H and O–H groups in total. The Labute approximate surface area is 102 Å². The number of primary amides is 1. The minimum Gasteiger partial charge on any atom is -0.383 e. The predicted octanol–water partition coefficient (Wildman–Crippen LogP) is 2.47. The molecule has 0 aliphatic heterocycles. The van der Waals surface area contributed by atoms with Gasteiger partial charge in [0.05, 0.1) is 6.20 Å². The van der Waals surface area contributed by atoms with Crippen LogP contribution in [0.4, 0.5) is 10.6 Å². The first-order valence-corrected chi connectivity index (χ1v) is 6.21. The number of rotatable bonds is 6. The van der Waals surface area contributed by atoms with Gasteiger partial charge in [0.1, 0.15) is 5.82 Å². The van der Waals surface area contributed by atoms with E-state index in [2.05, 4.69) is 18.9 Å². The first kappa shape index (κ1) is 13.5. The van der Waals surface area contributed by atoms with Gasteiger partial charge in [0.25, 0.3) is 0 Å². The number of nitrogen functional groups attached to an aromatic ring is 1. The number of hydrogen-bond acceptors (Lipinski definition) is 3. The number of aromatic nitrogens is 2. The Morgan fingerprint density at radius 1 is 1.47 bits per heavy atom. The average Bonchev–Trinajstić information content (AvgIpc) is 2.66. The lowest BCUT2D eigenvalue weighted by Gasteiger charge is -2.10. The molecular weight excluding hydrogens is 216 g/mol. The van der Waals surface area contributed by atoms with Crippen molar-refractivity contribution in [1.82, 2.24) is 9.78 Å². The van der Waals surface area contributed by atoms with Crippen LogP contribution in [0.3, 0.4) is 0 Å². The van der Waals surface area contributed by atoms with E-state index in [9.17, 15) is 4.79 Å². The normalized spacial score (nSPS) is 12.6. The summed E-state index contributed by atoms with van der Waals surface area (Å²) in [6, 6.07) is -0.632. The lowest BCUT2D eigenvalue weighted by Crippen LogP contribution is -2.22. The molecule has 1 heterocycles. The fraction of sp³-hybridized carbons (Fsp3) is 0.667. The summed E-state index contributed by atoms with van der Waals surface area (Å²) in [4.78, 5) is 11.0. The Bertz CT molecular complexity index is 373. The van der Waals surface area contributed by atoms with Gasteiger partial charge in [0, 0.05) is 5.56 Å². The molecule has 0 saturated carbocycles. The van der Waals surface area contributed by atoms with Crippen LogP contribution in [0.15, 0.2) is 6.20 Å². The molecule has 0 aliphatic carbocycles. The monoisotopic (exact) mass is 238 g/mol. The zero-order chi connectivity index (χ0) is 12.8. The summed E-state index contributed by atoms with van der Waals surface area (Å²) in [5, 5.41) is 3.90. The lowest BCUT2D eigenvalue weighted by atomic mass is 9.97. The number of unbranched alkanes of at least 4 members (excludes halogenated alkanes) is 3. The van der Waals surface area contributed by atoms with E-state index in [-0.39, 0.29) is 0 Å². The average molecular weight is 238 g/mol. The summed E-state index contributed by atoms with van der Waals surface area (Å²) in [5.41, 5.74) is 11.9. The van der Waals surface area contributed by atoms with Crippen molar-refractivity contribution in [1.29, 1.82) is 0 Å². The molecule has 1 amide bonds. The van der Waals surface area contributed by atoms with Crippen LogP contribution in [0.5, 0.6) is 0 Å². The maximum absolute atomic E-state index is 11.0. The number of carbonyl (C=O) groups is 1. The maximum atomic E-state index is 11.0. The maximum Gasteiger partial charge on any atom is 0.341 e.